The molecular weight excluding hydrogens is 496 g/mol. The topological polar surface area (TPSA) is 159 Å². The maximum absolute atomic E-state index is 13.1. The summed E-state index contributed by atoms with van der Waals surface area (Å²) in [6.45, 7) is 1.90. The molecule has 3 aromatic rings. The summed E-state index contributed by atoms with van der Waals surface area (Å²) in [6, 6.07) is 8.09. The molecule has 2 aliphatic rings. The van der Waals surface area contributed by atoms with Crippen LogP contribution in [0.3, 0.4) is 0 Å². The van der Waals surface area contributed by atoms with Gasteiger partial charge >= 0.3 is 5.97 Å². The molecule has 1 aromatic carbocycles. The van der Waals surface area contributed by atoms with Crippen molar-refractivity contribution >= 4 is 44.3 Å². The Morgan fingerprint density at radius 2 is 1.92 bits per heavy atom. The summed E-state index contributed by atoms with van der Waals surface area (Å²) in [5.74, 6) is -0.624. The minimum atomic E-state index is -4.02. The SMILES string of the molecule is Nc1nccc2cc(C[C@H](C(=O)O)N3CC[C@H](NS(=O)(=O)c4ccc(N5CCCC5)nc4)C3=O)ccc12. The highest BCUT2D eigenvalue weighted by molar-refractivity contribution is 7.89. The molecule has 2 aromatic heterocycles. The second-order valence-electron chi connectivity index (χ2n) is 9.35. The standard InChI is InChI=1S/C25H28N6O5S/c26-23-19-5-3-16(13-17(19)7-9-27-23)14-21(25(33)34)31-12-8-20(24(31)32)29-37(35,36)18-4-6-22(28-15-18)30-10-1-2-11-30/h3-7,9,13,15,20-21,29H,1-2,8,10-12,14H2,(H2,26,27)(H,33,34)/t20-,21+/m0/s1. The van der Waals surface area contributed by atoms with Crippen LogP contribution >= 0.6 is 0 Å². The lowest BCUT2D eigenvalue weighted by Crippen LogP contribution is -2.48. The van der Waals surface area contributed by atoms with Crippen LogP contribution in [0, 0.1) is 0 Å². The first-order chi connectivity index (χ1) is 17.7. The van der Waals surface area contributed by atoms with Crippen molar-refractivity contribution in [3.05, 3.63) is 54.4 Å². The quantitative estimate of drug-likeness (QED) is 0.396. The number of carboxylic acid groups (broad SMARTS) is 1. The Morgan fingerprint density at radius 1 is 1.14 bits per heavy atom. The number of nitrogen functional groups attached to an aromatic ring is 1. The fourth-order valence-corrected chi connectivity index (χ4v) is 6.14. The molecule has 11 nitrogen and oxygen atoms in total. The largest absolute Gasteiger partial charge is 0.480 e. The van der Waals surface area contributed by atoms with E-state index >= 15 is 0 Å². The fraction of sp³-hybridized carbons (Fsp3) is 0.360. The molecule has 0 saturated carbocycles. The van der Waals surface area contributed by atoms with E-state index in [-0.39, 0.29) is 24.3 Å². The number of hydrogen-bond acceptors (Lipinski definition) is 8. The van der Waals surface area contributed by atoms with Crippen molar-refractivity contribution in [3.8, 4) is 0 Å². The van der Waals surface area contributed by atoms with Crippen molar-refractivity contribution in [2.75, 3.05) is 30.3 Å². The maximum Gasteiger partial charge on any atom is 0.326 e. The molecule has 0 bridgehead atoms. The highest BCUT2D eigenvalue weighted by Gasteiger charge is 2.41. The molecule has 2 atom stereocenters. The number of nitrogens with one attached hydrogen (secondary N) is 1. The van der Waals surface area contributed by atoms with Gasteiger partial charge in [-0.05, 0) is 48.4 Å². The first-order valence-corrected chi connectivity index (χ1v) is 13.6. The van der Waals surface area contributed by atoms with Crippen molar-refractivity contribution in [2.45, 2.75) is 42.7 Å². The lowest BCUT2D eigenvalue weighted by atomic mass is 10.0. The minimum Gasteiger partial charge on any atom is -0.480 e. The summed E-state index contributed by atoms with van der Waals surface area (Å²) in [5.41, 5.74) is 6.61. The molecule has 5 rings (SSSR count). The molecule has 37 heavy (non-hydrogen) atoms. The van der Waals surface area contributed by atoms with E-state index in [4.69, 9.17) is 5.73 Å². The summed E-state index contributed by atoms with van der Waals surface area (Å²) < 4.78 is 28.3. The van der Waals surface area contributed by atoms with Gasteiger partial charge in [0.15, 0.2) is 0 Å². The van der Waals surface area contributed by atoms with Crippen LogP contribution in [-0.2, 0) is 26.0 Å². The molecule has 2 fully saturated rings. The van der Waals surface area contributed by atoms with Crippen LogP contribution in [0.1, 0.15) is 24.8 Å². The van der Waals surface area contributed by atoms with Crippen LogP contribution in [0.5, 0.6) is 0 Å². The Labute approximate surface area is 214 Å². The number of anilines is 2. The van der Waals surface area contributed by atoms with Gasteiger partial charge < -0.3 is 20.6 Å². The van der Waals surface area contributed by atoms with Crippen LogP contribution in [0.15, 0.2) is 53.7 Å². The Kier molecular flexibility index (Phi) is 6.69. The van der Waals surface area contributed by atoms with Crippen molar-refractivity contribution in [1.29, 1.82) is 0 Å². The summed E-state index contributed by atoms with van der Waals surface area (Å²) in [6.07, 6.45) is 5.25. The molecule has 4 heterocycles. The van der Waals surface area contributed by atoms with Gasteiger partial charge in [0.2, 0.25) is 15.9 Å². The highest BCUT2D eigenvalue weighted by Crippen LogP contribution is 2.24. The zero-order chi connectivity index (χ0) is 26.2. The molecule has 0 spiro atoms. The number of likely N-dealkylation sites (tertiary alicyclic amines) is 1. The van der Waals surface area contributed by atoms with E-state index in [1.807, 2.05) is 6.07 Å². The van der Waals surface area contributed by atoms with Crippen LogP contribution < -0.4 is 15.4 Å². The molecule has 194 valence electrons. The number of hydrogen-bond donors (Lipinski definition) is 3. The molecular formula is C25H28N6O5S. The average Bonchev–Trinajstić information content (AvgIpc) is 3.53. The second-order valence-corrected chi connectivity index (χ2v) is 11.1. The smallest absolute Gasteiger partial charge is 0.326 e. The molecule has 4 N–H and O–H groups in total. The van der Waals surface area contributed by atoms with Gasteiger partial charge in [-0.1, -0.05) is 18.2 Å². The predicted octanol–water partition coefficient (Wildman–Crippen LogP) is 1.39. The van der Waals surface area contributed by atoms with E-state index in [1.54, 1.807) is 30.5 Å². The molecule has 2 aliphatic heterocycles. The normalized spacial score (nSPS) is 19.0. The predicted molar refractivity (Wildman–Crippen MR) is 137 cm³/mol. The number of aromatic nitrogens is 2. The summed E-state index contributed by atoms with van der Waals surface area (Å²) in [7, 11) is -4.02. The number of fused-ring (bicyclic) bond motifs is 1. The molecule has 0 radical (unpaired) electrons. The average molecular weight is 525 g/mol. The van der Waals surface area contributed by atoms with Gasteiger partial charge in [0.25, 0.3) is 0 Å². The molecule has 0 unspecified atom stereocenters. The first kappa shape index (κ1) is 24.9. The lowest BCUT2D eigenvalue weighted by molar-refractivity contribution is -0.148. The lowest BCUT2D eigenvalue weighted by Gasteiger charge is -2.25. The van der Waals surface area contributed by atoms with E-state index in [1.165, 1.54) is 17.2 Å². The highest BCUT2D eigenvalue weighted by atomic mass is 32.2. The van der Waals surface area contributed by atoms with E-state index < -0.39 is 34.0 Å². The second kappa shape index (κ2) is 9.94. The summed E-state index contributed by atoms with van der Waals surface area (Å²) in [4.78, 5) is 36.9. The van der Waals surface area contributed by atoms with Gasteiger partial charge in [-0.3, -0.25) is 4.79 Å². The van der Waals surface area contributed by atoms with Crippen LogP contribution in [0.25, 0.3) is 10.8 Å². The van der Waals surface area contributed by atoms with Crippen molar-refractivity contribution in [3.63, 3.8) is 0 Å². The number of benzene rings is 1. The minimum absolute atomic E-state index is 0.0404. The van der Waals surface area contributed by atoms with Crippen molar-refractivity contribution in [2.24, 2.45) is 0 Å². The number of carbonyl (C=O) groups is 2. The van der Waals surface area contributed by atoms with Crippen LogP contribution in [0.2, 0.25) is 0 Å². The Bertz CT molecular complexity index is 1440. The zero-order valence-electron chi connectivity index (χ0n) is 20.1. The zero-order valence-corrected chi connectivity index (χ0v) is 20.9. The summed E-state index contributed by atoms with van der Waals surface area (Å²) in [5, 5.41) is 11.5. The Balaban J connectivity index is 1.28. The monoisotopic (exact) mass is 524 g/mol. The number of carboxylic acids is 1. The van der Waals surface area contributed by atoms with Crippen molar-refractivity contribution in [1.82, 2.24) is 19.6 Å². The summed E-state index contributed by atoms with van der Waals surface area (Å²) >= 11 is 0. The number of nitrogens with zero attached hydrogens (tertiary/aromatic N) is 4. The van der Waals surface area contributed by atoms with Gasteiger partial charge in [-0.25, -0.2) is 23.2 Å². The van der Waals surface area contributed by atoms with Gasteiger partial charge in [-0.15, -0.1) is 0 Å². The third-order valence-corrected chi connectivity index (χ3v) is 8.41. The molecule has 1 amide bonds. The Hall–Kier alpha value is -3.77. The van der Waals surface area contributed by atoms with Gasteiger partial charge in [0.1, 0.15) is 28.6 Å². The van der Waals surface area contributed by atoms with E-state index in [2.05, 4.69) is 19.6 Å². The third-order valence-electron chi connectivity index (χ3n) is 6.95. The number of aliphatic carboxylic acids is 1. The third kappa shape index (κ3) is 5.07. The molecule has 12 heteroatoms. The maximum atomic E-state index is 13.1. The van der Waals surface area contributed by atoms with Crippen LogP contribution in [0.4, 0.5) is 11.6 Å². The van der Waals surface area contributed by atoms with Crippen LogP contribution in [-0.4, -0.2) is 72.0 Å². The number of nitrogens with two attached hydrogens (primary N) is 1. The van der Waals surface area contributed by atoms with E-state index in [0.29, 0.717) is 11.4 Å². The number of rotatable bonds is 8. The van der Waals surface area contributed by atoms with E-state index in [9.17, 15) is 23.1 Å². The van der Waals surface area contributed by atoms with Crippen molar-refractivity contribution < 1.29 is 23.1 Å². The van der Waals surface area contributed by atoms with Gasteiger partial charge in [0, 0.05) is 43.8 Å². The fourth-order valence-electron chi connectivity index (χ4n) is 4.97. The molecule has 2 saturated heterocycles. The first-order valence-electron chi connectivity index (χ1n) is 12.1. The number of carbonyl (C=O) groups excluding carboxylic acids is 1. The van der Waals surface area contributed by atoms with E-state index in [0.717, 1.165) is 42.5 Å². The van der Waals surface area contributed by atoms with Gasteiger partial charge in [-0.2, -0.15) is 4.72 Å². The number of sulfonamides is 1. The molecule has 0 aliphatic carbocycles. The number of pyridine rings is 2. The van der Waals surface area contributed by atoms with Gasteiger partial charge in [0.05, 0.1) is 0 Å². The number of amides is 1. The Morgan fingerprint density at radius 3 is 2.62 bits per heavy atom.